The summed E-state index contributed by atoms with van der Waals surface area (Å²) in [6.07, 6.45) is 1.00. The molecule has 1 amide bonds. The Morgan fingerprint density at radius 2 is 2.00 bits per heavy atom. The third-order valence-corrected chi connectivity index (χ3v) is 6.86. The van der Waals surface area contributed by atoms with Crippen molar-refractivity contribution in [3.8, 4) is 17.0 Å². The van der Waals surface area contributed by atoms with Gasteiger partial charge in [-0.25, -0.2) is 4.98 Å². The topological polar surface area (TPSA) is 51.2 Å². The van der Waals surface area contributed by atoms with Gasteiger partial charge in [0, 0.05) is 21.0 Å². The standard InChI is InChI=1S/C21H17ClN2O2S2/c1-3-12-4-6-13(7-5-12)16-11-27-21(23-16)24-20(25)19-18(22)15-10-14(26-2)8-9-17(15)28-19/h4-11H,3H2,1-2H3,(H,23,24,25). The number of methoxy groups -OCH3 is 1. The molecule has 0 saturated heterocycles. The minimum Gasteiger partial charge on any atom is -0.497 e. The summed E-state index contributed by atoms with van der Waals surface area (Å²) in [5.41, 5.74) is 3.15. The van der Waals surface area contributed by atoms with Gasteiger partial charge in [0.2, 0.25) is 0 Å². The van der Waals surface area contributed by atoms with Crippen molar-refractivity contribution < 1.29 is 9.53 Å². The molecule has 0 unspecified atom stereocenters. The number of carbonyl (C=O) groups is 1. The molecular weight excluding hydrogens is 412 g/mol. The fourth-order valence-corrected chi connectivity index (χ4v) is 4.95. The number of hydrogen-bond acceptors (Lipinski definition) is 5. The van der Waals surface area contributed by atoms with Crippen LogP contribution in [0.25, 0.3) is 21.3 Å². The van der Waals surface area contributed by atoms with Crippen LogP contribution in [0.4, 0.5) is 5.13 Å². The Morgan fingerprint density at radius 1 is 1.21 bits per heavy atom. The molecule has 0 spiro atoms. The van der Waals surface area contributed by atoms with Gasteiger partial charge in [-0.2, -0.15) is 0 Å². The fraction of sp³-hybridized carbons (Fsp3) is 0.143. The van der Waals surface area contributed by atoms with E-state index in [4.69, 9.17) is 16.3 Å². The normalized spacial score (nSPS) is 11.0. The second kappa shape index (κ2) is 7.91. The molecule has 2 heterocycles. The van der Waals surface area contributed by atoms with Crippen LogP contribution >= 0.6 is 34.3 Å². The number of rotatable bonds is 5. The summed E-state index contributed by atoms with van der Waals surface area (Å²) >= 11 is 9.20. The van der Waals surface area contributed by atoms with E-state index in [0.717, 1.165) is 27.8 Å². The molecule has 4 nitrogen and oxygen atoms in total. The Bertz CT molecular complexity index is 1150. The molecule has 2 aromatic heterocycles. The maximum Gasteiger partial charge on any atom is 0.269 e. The maximum atomic E-state index is 12.7. The van der Waals surface area contributed by atoms with Gasteiger partial charge >= 0.3 is 0 Å². The molecule has 4 aromatic rings. The van der Waals surface area contributed by atoms with Gasteiger partial charge in [0.05, 0.1) is 17.8 Å². The van der Waals surface area contributed by atoms with Crippen LogP contribution in [0, 0.1) is 0 Å². The van der Waals surface area contributed by atoms with Gasteiger partial charge < -0.3 is 4.74 Å². The van der Waals surface area contributed by atoms with Crippen molar-refractivity contribution in [2.45, 2.75) is 13.3 Å². The van der Waals surface area contributed by atoms with Crippen LogP contribution < -0.4 is 10.1 Å². The number of carbonyl (C=O) groups excluding carboxylic acids is 1. The lowest BCUT2D eigenvalue weighted by atomic mass is 10.1. The van der Waals surface area contributed by atoms with Crippen molar-refractivity contribution in [2.75, 3.05) is 12.4 Å². The van der Waals surface area contributed by atoms with E-state index in [0.29, 0.717) is 20.8 Å². The van der Waals surface area contributed by atoms with E-state index in [1.165, 1.54) is 28.2 Å². The van der Waals surface area contributed by atoms with Crippen LogP contribution in [0.15, 0.2) is 47.8 Å². The van der Waals surface area contributed by atoms with E-state index in [9.17, 15) is 4.79 Å². The largest absolute Gasteiger partial charge is 0.497 e. The van der Waals surface area contributed by atoms with Gasteiger partial charge in [-0.1, -0.05) is 42.8 Å². The summed E-state index contributed by atoms with van der Waals surface area (Å²) in [6.45, 7) is 2.13. The molecular formula is C21H17ClN2O2S2. The van der Waals surface area contributed by atoms with E-state index in [2.05, 4.69) is 41.5 Å². The minimum absolute atomic E-state index is 0.257. The summed E-state index contributed by atoms with van der Waals surface area (Å²) in [6, 6.07) is 13.9. The highest BCUT2D eigenvalue weighted by Gasteiger charge is 2.19. The maximum absolute atomic E-state index is 12.7. The van der Waals surface area contributed by atoms with Gasteiger partial charge in [-0.3, -0.25) is 10.1 Å². The van der Waals surface area contributed by atoms with Crippen molar-refractivity contribution in [1.82, 2.24) is 4.98 Å². The number of nitrogens with zero attached hydrogens (tertiary/aromatic N) is 1. The molecule has 0 aliphatic carbocycles. The van der Waals surface area contributed by atoms with Gasteiger partial charge in [-0.15, -0.1) is 22.7 Å². The van der Waals surface area contributed by atoms with Crippen LogP contribution in [0.1, 0.15) is 22.2 Å². The zero-order valence-electron chi connectivity index (χ0n) is 15.3. The average molecular weight is 429 g/mol. The van der Waals surface area contributed by atoms with E-state index in [-0.39, 0.29) is 5.91 Å². The van der Waals surface area contributed by atoms with Crippen LogP contribution in [0.2, 0.25) is 5.02 Å². The second-order valence-corrected chi connectivity index (χ2v) is 8.44. The second-order valence-electron chi connectivity index (χ2n) is 6.15. The van der Waals surface area contributed by atoms with Gasteiger partial charge in [0.25, 0.3) is 5.91 Å². The summed E-state index contributed by atoms with van der Waals surface area (Å²) in [7, 11) is 1.60. The Kier molecular flexibility index (Phi) is 5.35. The number of ether oxygens (including phenoxy) is 1. The number of halogens is 1. The van der Waals surface area contributed by atoms with Crippen molar-refractivity contribution >= 4 is 55.4 Å². The van der Waals surface area contributed by atoms with Crippen LogP contribution in [0.3, 0.4) is 0 Å². The lowest BCUT2D eigenvalue weighted by Gasteiger charge is -2.01. The predicted molar refractivity (Wildman–Crippen MR) is 118 cm³/mol. The number of aryl methyl sites for hydroxylation is 1. The Morgan fingerprint density at radius 3 is 2.71 bits per heavy atom. The lowest BCUT2D eigenvalue weighted by Crippen LogP contribution is -2.10. The minimum atomic E-state index is -0.257. The smallest absolute Gasteiger partial charge is 0.269 e. The molecule has 0 radical (unpaired) electrons. The van der Waals surface area contributed by atoms with E-state index < -0.39 is 0 Å². The first-order valence-corrected chi connectivity index (χ1v) is 10.8. The van der Waals surface area contributed by atoms with Crippen LogP contribution in [-0.2, 0) is 6.42 Å². The molecule has 28 heavy (non-hydrogen) atoms. The average Bonchev–Trinajstić information content (AvgIpc) is 3.32. The molecule has 2 aromatic carbocycles. The summed E-state index contributed by atoms with van der Waals surface area (Å²) in [5.74, 6) is 0.449. The zero-order chi connectivity index (χ0) is 19.7. The van der Waals surface area contributed by atoms with Crippen molar-refractivity contribution in [3.63, 3.8) is 0 Å². The molecule has 0 fully saturated rings. The Hall–Kier alpha value is -2.41. The third kappa shape index (κ3) is 3.63. The molecule has 142 valence electrons. The highest BCUT2D eigenvalue weighted by molar-refractivity contribution is 7.22. The molecule has 0 saturated carbocycles. The van der Waals surface area contributed by atoms with E-state index >= 15 is 0 Å². The van der Waals surface area contributed by atoms with Gasteiger partial charge in [0.1, 0.15) is 10.6 Å². The summed E-state index contributed by atoms with van der Waals surface area (Å²) < 4.78 is 6.18. The summed E-state index contributed by atoms with van der Waals surface area (Å²) in [4.78, 5) is 17.7. The monoisotopic (exact) mass is 428 g/mol. The molecule has 4 rings (SSSR count). The first kappa shape index (κ1) is 18.9. The van der Waals surface area contributed by atoms with Gasteiger partial charge in [0.15, 0.2) is 5.13 Å². The number of thiophene rings is 1. The van der Waals surface area contributed by atoms with E-state index in [1.807, 2.05) is 23.6 Å². The van der Waals surface area contributed by atoms with Gasteiger partial charge in [-0.05, 0) is 30.2 Å². The molecule has 0 aliphatic heterocycles. The van der Waals surface area contributed by atoms with Crippen molar-refractivity contribution in [2.24, 2.45) is 0 Å². The highest BCUT2D eigenvalue weighted by atomic mass is 35.5. The Labute approximate surface area is 175 Å². The quantitative estimate of drug-likeness (QED) is 0.394. The number of amides is 1. The number of anilines is 1. The summed E-state index contributed by atoms with van der Waals surface area (Å²) in [5, 5.41) is 6.60. The molecule has 0 atom stereocenters. The number of thiazole rings is 1. The predicted octanol–water partition coefficient (Wildman–Crippen LogP) is 6.50. The SMILES string of the molecule is CCc1ccc(-c2csc(NC(=O)c3sc4ccc(OC)cc4c3Cl)n2)cc1. The number of aromatic nitrogens is 1. The van der Waals surface area contributed by atoms with E-state index in [1.54, 1.807) is 7.11 Å². The molecule has 7 heteroatoms. The van der Waals surface area contributed by atoms with Crippen LogP contribution in [0.5, 0.6) is 5.75 Å². The number of nitrogens with one attached hydrogen (secondary N) is 1. The molecule has 0 bridgehead atoms. The number of hydrogen-bond donors (Lipinski definition) is 1. The number of benzene rings is 2. The third-order valence-electron chi connectivity index (χ3n) is 4.42. The zero-order valence-corrected chi connectivity index (χ0v) is 17.7. The van der Waals surface area contributed by atoms with Crippen LogP contribution in [-0.4, -0.2) is 18.0 Å². The lowest BCUT2D eigenvalue weighted by molar-refractivity contribution is 0.103. The van der Waals surface area contributed by atoms with Crippen molar-refractivity contribution in [3.05, 3.63) is 63.3 Å². The molecule has 0 aliphatic rings. The Balaban J connectivity index is 1.56. The highest BCUT2D eigenvalue weighted by Crippen LogP contribution is 2.38. The molecule has 1 N–H and O–H groups in total. The van der Waals surface area contributed by atoms with Crippen molar-refractivity contribution in [1.29, 1.82) is 0 Å². The first-order chi connectivity index (χ1) is 13.6. The number of fused-ring (bicyclic) bond motifs is 1. The first-order valence-electron chi connectivity index (χ1n) is 8.71. The fourth-order valence-electron chi connectivity index (χ4n) is 2.85.